The third-order valence-electron chi connectivity index (χ3n) is 4.97. The lowest BCUT2D eigenvalue weighted by Crippen LogP contribution is -2.23. The van der Waals surface area contributed by atoms with E-state index in [2.05, 4.69) is 9.50 Å². The zero-order valence-corrected chi connectivity index (χ0v) is 20.2. The van der Waals surface area contributed by atoms with Crippen molar-refractivity contribution in [1.29, 1.82) is 0 Å². The summed E-state index contributed by atoms with van der Waals surface area (Å²) in [6.07, 6.45) is -0.745. The van der Waals surface area contributed by atoms with Crippen LogP contribution in [0.1, 0.15) is 28.9 Å². The van der Waals surface area contributed by atoms with E-state index in [1.54, 1.807) is 6.92 Å². The third kappa shape index (κ3) is 5.38. The highest BCUT2D eigenvalue weighted by Crippen LogP contribution is 2.39. The quantitative estimate of drug-likeness (QED) is 0.291. The number of carbonyl (C=O) groups is 1. The lowest BCUT2D eigenvalue weighted by molar-refractivity contribution is 0.0964. The Morgan fingerprint density at radius 1 is 1.26 bits per heavy atom. The van der Waals surface area contributed by atoms with Gasteiger partial charge in [-0.15, -0.1) is 0 Å². The lowest BCUT2D eigenvalue weighted by atomic mass is 10.00. The van der Waals surface area contributed by atoms with Crippen molar-refractivity contribution >= 4 is 43.6 Å². The van der Waals surface area contributed by atoms with Crippen molar-refractivity contribution in [2.75, 3.05) is 30.8 Å². The molecule has 0 saturated carbocycles. The van der Waals surface area contributed by atoms with Gasteiger partial charge in [-0.05, 0) is 37.3 Å². The molecular formula is C21H23FN2O8S2. The molecule has 184 valence electrons. The van der Waals surface area contributed by atoms with E-state index in [-0.39, 0.29) is 40.1 Å². The van der Waals surface area contributed by atoms with E-state index in [0.717, 1.165) is 10.6 Å². The maximum atomic E-state index is 13.4. The van der Waals surface area contributed by atoms with E-state index in [1.807, 2.05) is 0 Å². The Morgan fingerprint density at radius 3 is 2.44 bits per heavy atom. The molecule has 1 unspecified atom stereocenters. The average molecular weight is 515 g/mol. The normalized spacial score (nSPS) is 12.8. The largest absolute Gasteiger partial charge is 0.455 e. The van der Waals surface area contributed by atoms with Gasteiger partial charge in [0.1, 0.15) is 23.3 Å². The first-order valence-electron chi connectivity index (χ1n) is 9.99. The Labute approximate surface area is 197 Å². The Balaban J connectivity index is 2.31. The zero-order chi connectivity index (χ0) is 25.2. The van der Waals surface area contributed by atoms with Gasteiger partial charge in [0.2, 0.25) is 10.9 Å². The summed E-state index contributed by atoms with van der Waals surface area (Å²) in [7, 11) is -5.62. The molecule has 34 heavy (non-hydrogen) atoms. The molecule has 3 aromatic rings. The number of furan rings is 1. The summed E-state index contributed by atoms with van der Waals surface area (Å²) >= 11 is 0. The second-order valence-corrected chi connectivity index (χ2v) is 9.86. The van der Waals surface area contributed by atoms with E-state index in [4.69, 9.17) is 4.42 Å². The van der Waals surface area contributed by atoms with Gasteiger partial charge in [-0.1, -0.05) is 0 Å². The summed E-state index contributed by atoms with van der Waals surface area (Å²) < 4.78 is 71.5. The first kappa shape index (κ1) is 25.6. The van der Waals surface area contributed by atoms with Crippen LogP contribution in [-0.4, -0.2) is 54.3 Å². The summed E-state index contributed by atoms with van der Waals surface area (Å²) in [5, 5.41) is 13.4. The summed E-state index contributed by atoms with van der Waals surface area (Å²) in [5.74, 6) is -0.924. The number of nitrogens with one attached hydrogen (secondary N) is 1. The maximum absolute atomic E-state index is 13.4. The Kier molecular flexibility index (Phi) is 7.60. The van der Waals surface area contributed by atoms with Crippen LogP contribution in [0.3, 0.4) is 0 Å². The topological polar surface area (TPSA) is 143 Å². The Bertz CT molecular complexity index is 1390. The van der Waals surface area contributed by atoms with Gasteiger partial charge < -0.3 is 14.8 Å². The predicted octanol–water partition coefficient (Wildman–Crippen LogP) is 1.96. The number of aliphatic hydroxyl groups excluding tert-OH is 1. The molecule has 0 aliphatic carbocycles. The molecule has 0 aliphatic heterocycles. The second-order valence-electron chi connectivity index (χ2n) is 7.26. The third-order valence-corrected chi connectivity index (χ3v) is 6.43. The number of nitrogens with zero attached hydrogens (tertiary/aromatic N) is 1. The van der Waals surface area contributed by atoms with Crippen molar-refractivity contribution in [1.82, 2.24) is 5.32 Å². The van der Waals surface area contributed by atoms with Crippen LogP contribution in [0.2, 0.25) is 0 Å². The summed E-state index contributed by atoms with van der Waals surface area (Å²) in [6.45, 7) is 0.897. The molecule has 0 bridgehead atoms. The molecule has 3 rings (SSSR count). The minimum absolute atomic E-state index is 0.00466. The number of halogens is 1. The highest BCUT2D eigenvalue weighted by molar-refractivity contribution is 7.86. The number of amides is 1. The number of benzene rings is 2. The summed E-state index contributed by atoms with van der Waals surface area (Å²) in [4.78, 5) is 12.8. The molecule has 0 aliphatic rings. The number of hydrogen-bond acceptors (Lipinski definition) is 8. The molecule has 0 saturated heterocycles. The van der Waals surface area contributed by atoms with Gasteiger partial charge >= 0.3 is 0 Å². The van der Waals surface area contributed by atoms with Crippen LogP contribution in [0.25, 0.3) is 22.3 Å². The van der Waals surface area contributed by atoms with E-state index >= 15 is 0 Å². The van der Waals surface area contributed by atoms with Crippen molar-refractivity contribution in [3.05, 3.63) is 53.3 Å². The molecule has 0 spiro atoms. The smallest absolute Gasteiger partial charge is 0.264 e. The van der Waals surface area contributed by atoms with Gasteiger partial charge in [-0.2, -0.15) is 8.42 Å². The highest BCUT2D eigenvalue weighted by Gasteiger charge is 2.27. The minimum atomic E-state index is -3.89. The Hall–Kier alpha value is -3.00. The predicted molar refractivity (Wildman–Crippen MR) is 124 cm³/mol. The van der Waals surface area contributed by atoms with Crippen molar-refractivity contribution < 1.29 is 39.7 Å². The number of anilines is 1. The van der Waals surface area contributed by atoms with Crippen LogP contribution in [0.4, 0.5) is 10.1 Å². The monoisotopic (exact) mass is 514 g/mol. The minimum Gasteiger partial charge on any atom is -0.455 e. The number of hydrogen-bond donors (Lipinski definition) is 3. The molecule has 2 aromatic carbocycles. The van der Waals surface area contributed by atoms with Crippen molar-refractivity contribution in [2.24, 2.45) is 0 Å². The van der Waals surface area contributed by atoms with E-state index in [9.17, 15) is 31.1 Å². The number of carbonyl (C=O) groups excluding carboxylic acids is 1. The van der Waals surface area contributed by atoms with Gasteiger partial charge in [0.25, 0.3) is 16.0 Å². The molecule has 1 heterocycles. The standard InChI is InChI=1S/C21H23FN2O8S2/c1-4-24(33(27)28)16-10-18-15(9-14(16)17(25)11-31-34(3,29)30)19(21(26)23-2)20(32-18)12-5-7-13(22)8-6-12/h5-10,17,25,33H,4,11H2,1-3H3,(H,23,26). The molecule has 13 heteroatoms. The van der Waals surface area contributed by atoms with Crippen molar-refractivity contribution in [3.63, 3.8) is 0 Å². The SMILES string of the molecule is CCN(c1cc2oc(-c3ccc(F)cc3)c(C(=O)NC)c2cc1C(O)COS(C)(=O)=O)[SH](=O)=O. The average Bonchev–Trinajstić information content (AvgIpc) is 3.15. The molecule has 1 amide bonds. The number of thiol groups is 1. The van der Waals surface area contributed by atoms with E-state index in [1.165, 1.54) is 43.4 Å². The fourth-order valence-electron chi connectivity index (χ4n) is 3.45. The first-order valence-corrected chi connectivity index (χ1v) is 12.9. The van der Waals surface area contributed by atoms with Crippen molar-refractivity contribution in [2.45, 2.75) is 13.0 Å². The zero-order valence-electron chi connectivity index (χ0n) is 18.4. The van der Waals surface area contributed by atoms with Gasteiger partial charge in [0, 0.05) is 36.2 Å². The van der Waals surface area contributed by atoms with Crippen LogP contribution in [0.15, 0.2) is 40.8 Å². The summed E-state index contributed by atoms with van der Waals surface area (Å²) in [6, 6.07) is 7.92. The van der Waals surface area contributed by atoms with Crippen LogP contribution in [-0.2, 0) is 25.2 Å². The second kappa shape index (κ2) is 10.1. The van der Waals surface area contributed by atoms with Crippen molar-refractivity contribution in [3.8, 4) is 11.3 Å². The molecular weight excluding hydrogens is 491 g/mol. The van der Waals surface area contributed by atoms with Gasteiger partial charge in [0.05, 0.1) is 24.1 Å². The number of rotatable bonds is 9. The number of fused-ring (bicyclic) bond motifs is 1. The van der Waals surface area contributed by atoms with E-state index in [0.29, 0.717) is 5.56 Å². The highest BCUT2D eigenvalue weighted by atomic mass is 32.2. The first-order chi connectivity index (χ1) is 16.0. The summed E-state index contributed by atoms with van der Waals surface area (Å²) in [5.41, 5.74) is 0.626. The van der Waals surface area contributed by atoms with Crippen LogP contribution in [0.5, 0.6) is 0 Å². The van der Waals surface area contributed by atoms with Gasteiger partial charge in [-0.3, -0.25) is 13.3 Å². The fraction of sp³-hybridized carbons (Fsp3) is 0.286. The molecule has 10 nitrogen and oxygen atoms in total. The van der Waals surface area contributed by atoms with Gasteiger partial charge in [-0.25, -0.2) is 12.8 Å². The molecule has 1 aromatic heterocycles. The molecule has 1 atom stereocenters. The number of aliphatic hydroxyl groups is 1. The molecule has 0 radical (unpaired) electrons. The van der Waals surface area contributed by atoms with Gasteiger partial charge in [0.15, 0.2) is 0 Å². The van der Waals surface area contributed by atoms with E-state index < -0.39 is 45.4 Å². The molecule has 0 fully saturated rings. The van der Waals surface area contributed by atoms with Crippen LogP contribution in [0, 0.1) is 5.82 Å². The van der Waals surface area contributed by atoms with Crippen LogP contribution >= 0.6 is 0 Å². The maximum Gasteiger partial charge on any atom is 0.264 e. The van der Waals surface area contributed by atoms with Crippen LogP contribution < -0.4 is 9.62 Å². The molecule has 2 N–H and O–H groups in total. The lowest BCUT2D eigenvalue weighted by Gasteiger charge is -2.22. The Morgan fingerprint density at radius 2 is 1.91 bits per heavy atom. The fourth-order valence-corrected chi connectivity index (χ4v) is 4.40.